The Labute approximate surface area is 94.0 Å². The maximum Gasteiger partial charge on any atom is 0.265 e. The SMILES string of the molecule is O=S(=O)(O)C[C@H]1CCc2cc(F)ccc2C1. The standard InChI is InChI=1S/C11H13FO3S/c12-11-4-3-9-5-8(7-16(13,14)15)1-2-10(9)6-11/h3-4,6,8H,1-2,5,7H2,(H,13,14,15)/t8-/m0/s1. The van der Waals surface area contributed by atoms with E-state index in [1.165, 1.54) is 12.1 Å². The second-order valence-corrected chi connectivity index (χ2v) is 5.77. The Bertz CT molecular complexity index is 496. The van der Waals surface area contributed by atoms with Gasteiger partial charge < -0.3 is 0 Å². The molecule has 0 fully saturated rings. The van der Waals surface area contributed by atoms with Crippen LogP contribution in [0.1, 0.15) is 17.5 Å². The molecule has 1 atom stereocenters. The summed E-state index contributed by atoms with van der Waals surface area (Å²) in [5, 5.41) is 0. The molecule has 1 aliphatic carbocycles. The Balaban J connectivity index is 2.15. The third-order valence-corrected chi connectivity index (χ3v) is 3.84. The summed E-state index contributed by atoms with van der Waals surface area (Å²) < 4.78 is 43.2. The monoisotopic (exact) mass is 244 g/mol. The van der Waals surface area contributed by atoms with Crippen molar-refractivity contribution in [2.45, 2.75) is 19.3 Å². The van der Waals surface area contributed by atoms with Crippen LogP contribution < -0.4 is 0 Å². The van der Waals surface area contributed by atoms with Crippen molar-refractivity contribution < 1.29 is 17.4 Å². The normalized spacial score (nSPS) is 20.5. The lowest BCUT2D eigenvalue weighted by atomic mass is 9.85. The summed E-state index contributed by atoms with van der Waals surface area (Å²) in [5.41, 5.74) is 1.94. The third kappa shape index (κ3) is 2.80. The lowest BCUT2D eigenvalue weighted by molar-refractivity contribution is 0.443. The van der Waals surface area contributed by atoms with E-state index in [2.05, 4.69) is 0 Å². The first-order valence-electron chi connectivity index (χ1n) is 5.16. The average Bonchev–Trinajstić information content (AvgIpc) is 2.16. The molecule has 1 aliphatic rings. The zero-order valence-electron chi connectivity index (χ0n) is 8.69. The van der Waals surface area contributed by atoms with Gasteiger partial charge in [0.05, 0.1) is 5.75 Å². The van der Waals surface area contributed by atoms with Gasteiger partial charge in [-0.3, -0.25) is 4.55 Å². The number of fused-ring (bicyclic) bond motifs is 1. The second kappa shape index (κ2) is 4.14. The summed E-state index contributed by atoms with van der Waals surface area (Å²) in [6.45, 7) is 0. The van der Waals surface area contributed by atoms with Crippen LogP contribution in [0.25, 0.3) is 0 Å². The van der Waals surface area contributed by atoms with Gasteiger partial charge >= 0.3 is 0 Å². The fraction of sp³-hybridized carbons (Fsp3) is 0.455. The summed E-state index contributed by atoms with van der Waals surface area (Å²) in [6, 6.07) is 4.58. The molecular weight excluding hydrogens is 231 g/mol. The molecule has 0 bridgehead atoms. The lowest BCUT2D eigenvalue weighted by Gasteiger charge is -2.23. The van der Waals surface area contributed by atoms with E-state index < -0.39 is 10.1 Å². The Hall–Kier alpha value is -0.940. The Kier molecular flexibility index (Phi) is 2.99. The zero-order valence-corrected chi connectivity index (χ0v) is 9.50. The van der Waals surface area contributed by atoms with E-state index in [1.54, 1.807) is 6.07 Å². The first-order valence-corrected chi connectivity index (χ1v) is 6.77. The van der Waals surface area contributed by atoms with Gasteiger partial charge in [-0.1, -0.05) is 6.07 Å². The van der Waals surface area contributed by atoms with Crippen molar-refractivity contribution in [2.75, 3.05) is 5.75 Å². The van der Waals surface area contributed by atoms with Crippen LogP contribution in [0.4, 0.5) is 4.39 Å². The van der Waals surface area contributed by atoms with E-state index in [9.17, 15) is 12.8 Å². The van der Waals surface area contributed by atoms with Crippen LogP contribution in [-0.4, -0.2) is 18.7 Å². The molecule has 0 amide bonds. The summed E-state index contributed by atoms with van der Waals surface area (Å²) in [7, 11) is -3.91. The summed E-state index contributed by atoms with van der Waals surface area (Å²) in [5.74, 6) is -0.524. The Morgan fingerprint density at radius 2 is 2.12 bits per heavy atom. The second-order valence-electron chi connectivity index (χ2n) is 4.27. The van der Waals surface area contributed by atoms with E-state index >= 15 is 0 Å². The summed E-state index contributed by atoms with van der Waals surface area (Å²) in [4.78, 5) is 0. The molecule has 0 radical (unpaired) electrons. The van der Waals surface area contributed by atoms with Crippen molar-refractivity contribution >= 4 is 10.1 Å². The van der Waals surface area contributed by atoms with E-state index in [1.807, 2.05) is 0 Å². The van der Waals surface area contributed by atoms with Crippen LogP contribution in [0.2, 0.25) is 0 Å². The van der Waals surface area contributed by atoms with Crippen molar-refractivity contribution in [3.8, 4) is 0 Å². The van der Waals surface area contributed by atoms with Crippen LogP contribution in [0.3, 0.4) is 0 Å². The number of halogens is 1. The van der Waals surface area contributed by atoms with Gasteiger partial charge in [-0.25, -0.2) is 4.39 Å². The highest BCUT2D eigenvalue weighted by molar-refractivity contribution is 7.85. The summed E-state index contributed by atoms with van der Waals surface area (Å²) >= 11 is 0. The van der Waals surface area contributed by atoms with Crippen LogP contribution >= 0.6 is 0 Å². The quantitative estimate of drug-likeness (QED) is 0.807. The van der Waals surface area contributed by atoms with Gasteiger partial charge in [0.15, 0.2) is 0 Å². The molecule has 0 heterocycles. The highest BCUT2D eigenvalue weighted by atomic mass is 32.2. The first kappa shape index (κ1) is 11.5. The van der Waals surface area contributed by atoms with Crippen LogP contribution in [0.15, 0.2) is 18.2 Å². The molecule has 3 nitrogen and oxygen atoms in total. The molecule has 0 aliphatic heterocycles. The predicted molar refractivity (Wildman–Crippen MR) is 58.3 cm³/mol. The molecule has 0 unspecified atom stereocenters. The smallest absolute Gasteiger partial charge is 0.265 e. The van der Waals surface area contributed by atoms with E-state index in [0.717, 1.165) is 11.1 Å². The maximum atomic E-state index is 12.9. The van der Waals surface area contributed by atoms with E-state index in [4.69, 9.17) is 4.55 Å². The van der Waals surface area contributed by atoms with Crippen molar-refractivity contribution in [2.24, 2.45) is 5.92 Å². The van der Waals surface area contributed by atoms with Gasteiger partial charge in [-0.15, -0.1) is 0 Å². The highest BCUT2D eigenvalue weighted by Gasteiger charge is 2.23. The third-order valence-electron chi connectivity index (χ3n) is 2.95. The molecule has 16 heavy (non-hydrogen) atoms. The molecule has 0 spiro atoms. The summed E-state index contributed by atoms with van der Waals surface area (Å²) in [6.07, 6.45) is 1.94. The van der Waals surface area contributed by atoms with Crippen LogP contribution in [0.5, 0.6) is 0 Å². The number of benzene rings is 1. The molecule has 1 N–H and O–H groups in total. The van der Waals surface area contributed by atoms with Crippen molar-refractivity contribution in [1.82, 2.24) is 0 Å². The minimum Gasteiger partial charge on any atom is -0.286 e. The molecule has 0 aromatic heterocycles. The fourth-order valence-corrected chi connectivity index (χ4v) is 3.12. The molecule has 5 heteroatoms. The van der Waals surface area contributed by atoms with Gasteiger partial charge in [0.2, 0.25) is 0 Å². The molecular formula is C11H13FO3S. The molecule has 1 aromatic rings. The number of rotatable bonds is 2. The van der Waals surface area contributed by atoms with Crippen molar-refractivity contribution in [3.63, 3.8) is 0 Å². The predicted octanol–water partition coefficient (Wildman–Crippen LogP) is 1.82. The highest BCUT2D eigenvalue weighted by Crippen LogP contribution is 2.26. The topological polar surface area (TPSA) is 54.4 Å². The fourth-order valence-electron chi connectivity index (χ4n) is 2.24. The van der Waals surface area contributed by atoms with Gasteiger partial charge in [0.25, 0.3) is 10.1 Å². The first-order chi connectivity index (χ1) is 7.44. The Morgan fingerprint density at radius 3 is 2.81 bits per heavy atom. The van der Waals surface area contributed by atoms with E-state index in [0.29, 0.717) is 19.3 Å². The largest absolute Gasteiger partial charge is 0.286 e. The molecule has 88 valence electrons. The van der Waals surface area contributed by atoms with Crippen molar-refractivity contribution in [3.05, 3.63) is 35.1 Å². The van der Waals surface area contributed by atoms with Crippen molar-refractivity contribution in [1.29, 1.82) is 0 Å². The van der Waals surface area contributed by atoms with Gasteiger partial charge in [-0.05, 0) is 48.4 Å². The number of aryl methyl sites for hydroxylation is 1. The molecule has 0 saturated carbocycles. The van der Waals surface area contributed by atoms with Gasteiger partial charge in [0, 0.05) is 0 Å². The van der Waals surface area contributed by atoms with Gasteiger partial charge in [0.1, 0.15) is 5.82 Å². The molecule has 0 saturated heterocycles. The minimum atomic E-state index is -3.91. The average molecular weight is 244 g/mol. The molecule has 1 aromatic carbocycles. The zero-order chi connectivity index (χ0) is 11.8. The van der Waals surface area contributed by atoms with Crippen LogP contribution in [-0.2, 0) is 23.0 Å². The minimum absolute atomic E-state index is 0.0621. The van der Waals surface area contributed by atoms with Gasteiger partial charge in [-0.2, -0.15) is 8.42 Å². The van der Waals surface area contributed by atoms with Crippen LogP contribution in [0, 0.1) is 11.7 Å². The number of hydrogen-bond acceptors (Lipinski definition) is 2. The lowest BCUT2D eigenvalue weighted by Crippen LogP contribution is -2.22. The molecule has 2 rings (SSSR count). The van der Waals surface area contributed by atoms with E-state index in [-0.39, 0.29) is 17.5 Å². The maximum absolute atomic E-state index is 12.9. The Morgan fingerprint density at radius 1 is 1.38 bits per heavy atom. The number of hydrogen-bond donors (Lipinski definition) is 1.